The van der Waals surface area contributed by atoms with Crippen molar-refractivity contribution in [1.82, 2.24) is 9.47 Å². The highest BCUT2D eigenvalue weighted by atomic mass is 16.4. The van der Waals surface area contributed by atoms with Crippen LogP contribution in [0.3, 0.4) is 0 Å². The zero-order valence-corrected chi connectivity index (χ0v) is 11.1. The van der Waals surface area contributed by atoms with Crippen LogP contribution in [0.2, 0.25) is 0 Å². The lowest BCUT2D eigenvalue weighted by molar-refractivity contribution is 0.318. The van der Waals surface area contributed by atoms with Gasteiger partial charge in [-0.15, -0.1) is 0 Å². The standard InChI is InChI=1S/C12H20N4O2/c1-9-5-6-10(11(13)14-18)12(17)16(9)8-4-7-15(2)3/h5-6,18H,4,7-8H2,1-3H3,(H2,13,14). The van der Waals surface area contributed by atoms with Gasteiger partial charge in [0.15, 0.2) is 5.84 Å². The largest absolute Gasteiger partial charge is 0.409 e. The van der Waals surface area contributed by atoms with Crippen molar-refractivity contribution >= 4 is 5.84 Å². The molecule has 0 atom stereocenters. The van der Waals surface area contributed by atoms with Crippen molar-refractivity contribution in [3.05, 3.63) is 33.7 Å². The molecule has 0 aromatic carbocycles. The van der Waals surface area contributed by atoms with Crippen LogP contribution in [0.5, 0.6) is 0 Å². The Bertz CT molecular complexity index is 491. The van der Waals surface area contributed by atoms with Gasteiger partial charge in [0.1, 0.15) is 0 Å². The molecule has 1 heterocycles. The molecular formula is C12H20N4O2. The monoisotopic (exact) mass is 252 g/mol. The van der Waals surface area contributed by atoms with Gasteiger partial charge in [0.05, 0.1) is 5.56 Å². The highest BCUT2D eigenvalue weighted by molar-refractivity contribution is 5.96. The topological polar surface area (TPSA) is 83.9 Å². The van der Waals surface area contributed by atoms with E-state index in [1.54, 1.807) is 16.7 Å². The SMILES string of the molecule is Cc1ccc(/C(N)=N/O)c(=O)n1CCCN(C)C. The van der Waals surface area contributed by atoms with Crippen LogP contribution in [0.1, 0.15) is 17.7 Å². The van der Waals surface area contributed by atoms with E-state index >= 15 is 0 Å². The Balaban J connectivity index is 3.00. The lowest BCUT2D eigenvalue weighted by atomic mass is 10.2. The van der Waals surface area contributed by atoms with E-state index in [0.717, 1.165) is 18.7 Å². The van der Waals surface area contributed by atoms with Gasteiger partial charge in [-0.05, 0) is 46.1 Å². The average Bonchev–Trinajstić information content (AvgIpc) is 2.32. The van der Waals surface area contributed by atoms with Crippen LogP contribution in [-0.2, 0) is 6.54 Å². The predicted molar refractivity (Wildman–Crippen MR) is 71.1 cm³/mol. The molecule has 6 nitrogen and oxygen atoms in total. The Hall–Kier alpha value is -1.82. The fraction of sp³-hybridized carbons (Fsp3) is 0.500. The first-order chi connectivity index (χ1) is 8.47. The van der Waals surface area contributed by atoms with Crippen LogP contribution < -0.4 is 11.3 Å². The molecule has 1 rings (SSSR count). The molecule has 0 aliphatic rings. The summed E-state index contributed by atoms with van der Waals surface area (Å²) in [7, 11) is 3.98. The van der Waals surface area contributed by atoms with Crippen molar-refractivity contribution in [3.8, 4) is 0 Å². The van der Waals surface area contributed by atoms with Crippen LogP contribution in [0.4, 0.5) is 0 Å². The molecule has 0 saturated carbocycles. The molecule has 0 fully saturated rings. The smallest absolute Gasteiger partial charge is 0.261 e. The van der Waals surface area contributed by atoms with Crippen molar-refractivity contribution in [2.75, 3.05) is 20.6 Å². The maximum absolute atomic E-state index is 12.1. The Morgan fingerprint density at radius 1 is 1.50 bits per heavy atom. The predicted octanol–water partition coefficient (Wildman–Crippen LogP) is 0.203. The molecule has 18 heavy (non-hydrogen) atoms. The van der Waals surface area contributed by atoms with Gasteiger partial charge in [0, 0.05) is 12.2 Å². The lowest BCUT2D eigenvalue weighted by Gasteiger charge is -2.13. The molecule has 3 N–H and O–H groups in total. The number of oxime groups is 1. The maximum Gasteiger partial charge on any atom is 0.261 e. The van der Waals surface area contributed by atoms with Gasteiger partial charge in [-0.3, -0.25) is 4.79 Å². The number of aromatic nitrogens is 1. The molecule has 0 radical (unpaired) electrons. The van der Waals surface area contributed by atoms with Crippen molar-refractivity contribution < 1.29 is 5.21 Å². The van der Waals surface area contributed by atoms with Crippen molar-refractivity contribution in [3.63, 3.8) is 0 Å². The number of nitrogens with two attached hydrogens (primary N) is 1. The summed E-state index contributed by atoms with van der Waals surface area (Å²) in [6.07, 6.45) is 0.868. The number of amidine groups is 1. The van der Waals surface area contributed by atoms with E-state index in [0.29, 0.717) is 6.54 Å². The second-order valence-electron chi connectivity index (χ2n) is 4.49. The molecule has 100 valence electrons. The van der Waals surface area contributed by atoms with Gasteiger partial charge in [0.25, 0.3) is 5.56 Å². The summed E-state index contributed by atoms with van der Waals surface area (Å²) in [5.74, 6) is -0.152. The van der Waals surface area contributed by atoms with E-state index in [1.165, 1.54) is 0 Å². The lowest BCUT2D eigenvalue weighted by Crippen LogP contribution is -2.32. The fourth-order valence-corrected chi connectivity index (χ4v) is 1.74. The third kappa shape index (κ3) is 3.33. The summed E-state index contributed by atoms with van der Waals surface area (Å²) >= 11 is 0. The molecule has 0 spiro atoms. The molecule has 0 amide bonds. The second kappa shape index (κ2) is 6.20. The Morgan fingerprint density at radius 3 is 2.72 bits per heavy atom. The van der Waals surface area contributed by atoms with Gasteiger partial charge in [-0.2, -0.15) is 0 Å². The van der Waals surface area contributed by atoms with E-state index in [-0.39, 0.29) is 17.0 Å². The van der Waals surface area contributed by atoms with E-state index in [2.05, 4.69) is 10.1 Å². The fourth-order valence-electron chi connectivity index (χ4n) is 1.74. The molecule has 0 bridgehead atoms. The quantitative estimate of drug-likeness (QED) is 0.339. The summed E-state index contributed by atoms with van der Waals surface area (Å²) in [4.78, 5) is 14.2. The Kier molecular flexibility index (Phi) is 4.91. The van der Waals surface area contributed by atoms with Gasteiger partial charge < -0.3 is 20.4 Å². The Morgan fingerprint density at radius 2 is 2.17 bits per heavy atom. The molecule has 6 heteroatoms. The normalized spacial score (nSPS) is 12.1. The van der Waals surface area contributed by atoms with E-state index < -0.39 is 0 Å². The maximum atomic E-state index is 12.1. The number of aryl methyl sites for hydroxylation is 1. The van der Waals surface area contributed by atoms with Crippen molar-refractivity contribution in [1.29, 1.82) is 0 Å². The van der Waals surface area contributed by atoms with Gasteiger partial charge in [0.2, 0.25) is 0 Å². The minimum Gasteiger partial charge on any atom is -0.409 e. The molecular weight excluding hydrogens is 232 g/mol. The molecule has 0 aliphatic heterocycles. The molecule has 1 aromatic heterocycles. The average molecular weight is 252 g/mol. The first-order valence-corrected chi connectivity index (χ1v) is 5.80. The molecule has 0 unspecified atom stereocenters. The molecule has 0 aliphatic carbocycles. The Labute approximate surface area is 106 Å². The van der Waals surface area contributed by atoms with E-state index in [1.807, 2.05) is 21.0 Å². The highest BCUT2D eigenvalue weighted by Crippen LogP contribution is 2.00. The molecule has 0 saturated heterocycles. The van der Waals surface area contributed by atoms with Crippen LogP contribution in [-0.4, -0.2) is 41.1 Å². The van der Waals surface area contributed by atoms with Crippen molar-refractivity contribution in [2.24, 2.45) is 10.9 Å². The first-order valence-electron chi connectivity index (χ1n) is 5.80. The van der Waals surface area contributed by atoms with Crippen LogP contribution in [0, 0.1) is 6.92 Å². The van der Waals surface area contributed by atoms with Crippen LogP contribution in [0.25, 0.3) is 0 Å². The van der Waals surface area contributed by atoms with Crippen molar-refractivity contribution in [2.45, 2.75) is 19.9 Å². The van der Waals surface area contributed by atoms with Crippen LogP contribution >= 0.6 is 0 Å². The summed E-state index contributed by atoms with van der Waals surface area (Å²) < 4.78 is 1.65. The summed E-state index contributed by atoms with van der Waals surface area (Å²) in [5.41, 5.74) is 6.35. The number of nitrogens with zero attached hydrogens (tertiary/aromatic N) is 3. The summed E-state index contributed by atoms with van der Waals surface area (Å²) in [6.45, 7) is 3.39. The third-order valence-electron chi connectivity index (χ3n) is 2.76. The van der Waals surface area contributed by atoms with E-state index in [4.69, 9.17) is 10.9 Å². The second-order valence-corrected chi connectivity index (χ2v) is 4.49. The summed E-state index contributed by atoms with van der Waals surface area (Å²) in [5, 5.41) is 11.5. The minimum absolute atomic E-state index is 0.152. The number of hydrogen-bond donors (Lipinski definition) is 2. The minimum atomic E-state index is -0.218. The molecule has 1 aromatic rings. The summed E-state index contributed by atoms with van der Waals surface area (Å²) in [6, 6.07) is 3.37. The van der Waals surface area contributed by atoms with Gasteiger partial charge >= 0.3 is 0 Å². The third-order valence-corrected chi connectivity index (χ3v) is 2.76. The first kappa shape index (κ1) is 14.2. The number of rotatable bonds is 5. The number of hydrogen-bond acceptors (Lipinski definition) is 4. The number of pyridine rings is 1. The zero-order valence-electron chi connectivity index (χ0n) is 11.1. The van der Waals surface area contributed by atoms with Gasteiger partial charge in [-0.25, -0.2) is 0 Å². The van der Waals surface area contributed by atoms with E-state index in [9.17, 15) is 4.79 Å². The zero-order chi connectivity index (χ0) is 13.7. The highest BCUT2D eigenvalue weighted by Gasteiger charge is 2.09. The van der Waals surface area contributed by atoms with Gasteiger partial charge in [-0.1, -0.05) is 5.16 Å². The van der Waals surface area contributed by atoms with Crippen LogP contribution in [0.15, 0.2) is 22.1 Å².